The first kappa shape index (κ1) is 23.3. The molecule has 1 saturated carbocycles. The molecule has 4 rings (SSSR count). The highest BCUT2D eigenvalue weighted by Crippen LogP contribution is 2.39. The normalized spacial score (nSPS) is 14.9. The molecule has 3 aromatic rings. The van der Waals surface area contributed by atoms with Crippen LogP contribution in [0.5, 0.6) is 5.75 Å². The number of hydrogen-bond donors (Lipinski definition) is 1. The van der Waals surface area contributed by atoms with Crippen LogP contribution >= 0.6 is 0 Å². The summed E-state index contributed by atoms with van der Waals surface area (Å²) in [7, 11) is 0. The molecule has 1 aliphatic rings. The summed E-state index contributed by atoms with van der Waals surface area (Å²) >= 11 is 0. The maximum absolute atomic E-state index is 13.0. The van der Waals surface area contributed by atoms with Crippen molar-refractivity contribution >= 4 is 18.0 Å². The van der Waals surface area contributed by atoms with Crippen LogP contribution in [0.1, 0.15) is 47.6 Å². The third-order valence-corrected chi connectivity index (χ3v) is 5.22. The molecule has 1 N–H and O–H groups in total. The summed E-state index contributed by atoms with van der Waals surface area (Å²) in [6.45, 7) is 0.649. The van der Waals surface area contributed by atoms with E-state index < -0.39 is 12.0 Å². The predicted molar refractivity (Wildman–Crippen MR) is 116 cm³/mol. The number of hydrogen-bond acceptors (Lipinski definition) is 8. The highest BCUT2D eigenvalue weighted by Gasteiger charge is 2.47. The molecule has 3 heterocycles. The number of amides is 1. The van der Waals surface area contributed by atoms with Crippen LogP contribution in [0.25, 0.3) is 0 Å². The zero-order chi connectivity index (χ0) is 24.0. The van der Waals surface area contributed by atoms with E-state index in [9.17, 15) is 18.4 Å². The van der Waals surface area contributed by atoms with Gasteiger partial charge in [-0.15, -0.1) is 10.2 Å². The molecule has 1 amide bonds. The summed E-state index contributed by atoms with van der Waals surface area (Å²) in [6.07, 6.45) is 4.98. The van der Waals surface area contributed by atoms with Crippen molar-refractivity contribution in [2.75, 3.05) is 5.32 Å². The lowest BCUT2D eigenvalue weighted by atomic mass is 9.91. The van der Waals surface area contributed by atoms with Gasteiger partial charge in [-0.1, -0.05) is 5.21 Å². The molecule has 178 valence electrons. The molecular formula is C22H23F2N7O3. The van der Waals surface area contributed by atoms with Gasteiger partial charge in [-0.2, -0.15) is 5.10 Å². The summed E-state index contributed by atoms with van der Waals surface area (Å²) < 4.78 is 33.1. The van der Waals surface area contributed by atoms with Crippen LogP contribution in [-0.2, 0) is 24.2 Å². The molecule has 34 heavy (non-hydrogen) atoms. The van der Waals surface area contributed by atoms with Gasteiger partial charge >= 0.3 is 0 Å². The SMILES string of the molecule is O=Cc1cn(CCCCc2ccc(NC(=O)Cc3cc(OC4CC(F)(F)C4)ccn3)nn2)nn1. The summed E-state index contributed by atoms with van der Waals surface area (Å²) in [4.78, 5) is 27.1. The monoisotopic (exact) mass is 471 g/mol. The number of aryl methyl sites for hydroxylation is 2. The van der Waals surface area contributed by atoms with Gasteiger partial charge in [0.15, 0.2) is 12.1 Å². The zero-order valence-electron chi connectivity index (χ0n) is 18.2. The van der Waals surface area contributed by atoms with Gasteiger partial charge in [-0.3, -0.25) is 19.3 Å². The number of aldehydes is 1. The topological polar surface area (TPSA) is 125 Å². The molecule has 0 radical (unpaired) electrons. The van der Waals surface area contributed by atoms with Crippen molar-refractivity contribution in [1.82, 2.24) is 30.2 Å². The highest BCUT2D eigenvalue weighted by atomic mass is 19.3. The summed E-state index contributed by atoms with van der Waals surface area (Å²) in [6, 6.07) is 6.63. The van der Waals surface area contributed by atoms with Crippen LogP contribution in [0, 0.1) is 0 Å². The molecule has 1 fully saturated rings. The van der Waals surface area contributed by atoms with Gasteiger partial charge in [-0.05, 0) is 37.5 Å². The Hall–Kier alpha value is -3.83. The first-order valence-corrected chi connectivity index (χ1v) is 10.9. The number of anilines is 1. The lowest BCUT2D eigenvalue weighted by molar-refractivity contribution is -0.134. The van der Waals surface area contributed by atoms with Crippen molar-refractivity contribution in [2.45, 2.75) is 57.1 Å². The largest absolute Gasteiger partial charge is 0.490 e. The number of nitrogens with zero attached hydrogens (tertiary/aromatic N) is 6. The van der Waals surface area contributed by atoms with E-state index in [1.54, 1.807) is 35.1 Å². The number of aromatic nitrogens is 6. The van der Waals surface area contributed by atoms with Crippen LogP contribution in [0.3, 0.4) is 0 Å². The Morgan fingerprint density at radius 2 is 2.03 bits per heavy atom. The van der Waals surface area contributed by atoms with Crippen molar-refractivity contribution < 1.29 is 23.1 Å². The molecule has 0 aromatic carbocycles. The molecule has 0 spiro atoms. The summed E-state index contributed by atoms with van der Waals surface area (Å²) in [5.74, 6) is -2.25. The van der Waals surface area contributed by atoms with Crippen LogP contribution < -0.4 is 10.1 Å². The first-order chi connectivity index (χ1) is 16.4. The Morgan fingerprint density at radius 3 is 2.74 bits per heavy atom. The van der Waals surface area contributed by atoms with Gasteiger partial charge in [0.05, 0.1) is 24.0 Å². The molecule has 0 aliphatic heterocycles. The van der Waals surface area contributed by atoms with Crippen LogP contribution in [0.15, 0.2) is 36.7 Å². The maximum atomic E-state index is 13.0. The molecule has 3 aromatic heterocycles. The second kappa shape index (κ2) is 10.4. The molecule has 0 unspecified atom stereocenters. The predicted octanol–water partition coefficient (Wildman–Crippen LogP) is 2.66. The third-order valence-electron chi connectivity index (χ3n) is 5.22. The van der Waals surface area contributed by atoms with Crippen LogP contribution in [0.4, 0.5) is 14.6 Å². The molecule has 10 nitrogen and oxygen atoms in total. The van der Waals surface area contributed by atoms with Gasteiger partial charge in [0.2, 0.25) is 5.91 Å². The van der Waals surface area contributed by atoms with Crippen LogP contribution in [-0.4, -0.2) is 54.4 Å². The van der Waals surface area contributed by atoms with Gasteiger partial charge in [-0.25, -0.2) is 8.78 Å². The van der Waals surface area contributed by atoms with Gasteiger partial charge in [0.1, 0.15) is 17.5 Å². The Bertz CT molecular complexity index is 1130. The first-order valence-electron chi connectivity index (χ1n) is 10.9. The number of pyridine rings is 1. The van der Waals surface area contributed by atoms with E-state index in [2.05, 4.69) is 30.8 Å². The van der Waals surface area contributed by atoms with E-state index in [1.807, 2.05) is 0 Å². The number of nitrogens with one attached hydrogen (secondary N) is 1. The second-order valence-electron chi connectivity index (χ2n) is 8.10. The molecule has 0 saturated heterocycles. The standard InChI is InChI=1S/C22H23F2N7O3/c23-22(24)11-19(12-22)34-18-6-7-25-16(9-18)10-21(33)26-20-5-4-15(27-29-20)3-1-2-8-31-13-17(14-32)28-30-31/h4-7,9,13-14,19H,1-3,8,10-12H2,(H,26,29,33). The van der Waals surface area contributed by atoms with E-state index in [0.29, 0.717) is 42.2 Å². The summed E-state index contributed by atoms with van der Waals surface area (Å²) in [5, 5.41) is 18.4. The fourth-order valence-electron chi connectivity index (χ4n) is 3.48. The lowest BCUT2D eigenvalue weighted by Crippen LogP contribution is -2.43. The van der Waals surface area contributed by atoms with Crippen molar-refractivity contribution in [1.29, 1.82) is 0 Å². The van der Waals surface area contributed by atoms with Crippen molar-refractivity contribution in [3.8, 4) is 5.75 Å². The Labute approximate surface area is 193 Å². The van der Waals surface area contributed by atoms with Crippen molar-refractivity contribution in [3.05, 3.63) is 53.7 Å². The number of rotatable bonds is 11. The highest BCUT2D eigenvalue weighted by molar-refractivity contribution is 5.91. The maximum Gasteiger partial charge on any atom is 0.255 e. The number of ether oxygens (including phenoxy) is 1. The molecular weight excluding hydrogens is 448 g/mol. The lowest BCUT2D eigenvalue weighted by Gasteiger charge is -2.34. The summed E-state index contributed by atoms with van der Waals surface area (Å²) in [5.41, 5.74) is 1.55. The molecule has 0 bridgehead atoms. The fourth-order valence-corrected chi connectivity index (χ4v) is 3.48. The quantitative estimate of drug-likeness (QED) is 0.334. The molecule has 1 aliphatic carbocycles. The van der Waals surface area contributed by atoms with Gasteiger partial charge < -0.3 is 10.1 Å². The fraction of sp³-hybridized carbons (Fsp3) is 0.409. The minimum atomic E-state index is -2.66. The number of halogens is 2. The number of carbonyl (C=O) groups excluding carboxylic acids is 2. The Kier molecular flexibility index (Phi) is 7.14. The van der Waals surface area contributed by atoms with Crippen molar-refractivity contribution in [3.63, 3.8) is 0 Å². The molecule has 12 heteroatoms. The smallest absolute Gasteiger partial charge is 0.255 e. The number of carbonyl (C=O) groups is 2. The zero-order valence-corrected chi connectivity index (χ0v) is 18.2. The minimum absolute atomic E-state index is 0.0183. The number of unbranched alkanes of at least 4 members (excludes halogenated alkanes) is 1. The van der Waals surface area contributed by atoms with Crippen LogP contribution in [0.2, 0.25) is 0 Å². The van der Waals surface area contributed by atoms with E-state index in [0.717, 1.165) is 18.5 Å². The number of alkyl halides is 2. The van der Waals surface area contributed by atoms with E-state index in [4.69, 9.17) is 4.74 Å². The third kappa shape index (κ3) is 6.59. The Morgan fingerprint density at radius 1 is 1.18 bits per heavy atom. The van der Waals surface area contributed by atoms with Crippen molar-refractivity contribution in [2.24, 2.45) is 0 Å². The minimum Gasteiger partial charge on any atom is -0.490 e. The van der Waals surface area contributed by atoms with E-state index in [1.165, 1.54) is 6.20 Å². The Balaban J connectivity index is 1.19. The van der Waals surface area contributed by atoms with E-state index >= 15 is 0 Å². The van der Waals surface area contributed by atoms with Gasteiger partial charge in [0.25, 0.3) is 5.92 Å². The van der Waals surface area contributed by atoms with Gasteiger partial charge in [0, 0.05) is 31.6 Å². The second-order valence-corrected chi connectivity index (χ2v) is 8.10. The average Bonchev–Trinajstić information content (AvgIpc) is 3.25. The average molecular weight is 471 g/mol. The molecule has 0 atom stereocenters. The van der Waals surface area contributed by atoms with E-state index in [-0.39, 0.29) is 25.2 Å².